The number of fused-ring (bicyclic) bond motifs is 1. The molecule has 0 saturated heterocycles. The summed E-state index contributed by atoms with van der Waals surface area (Å²) in [7, 11) is -2.61. The summed E-state index contributed by atoms with van der Waals surface area (Å²) in [5.41, 5.74) is 1.86. The second-order valence-electron chi connectivity index (χ2n) is 4.67. The Morgan fingerprint density at radius 3 is 2.73 bits per heavy atom. The molecule has 3 aromatic rings. The summed E-state index contributed by atoms with van der Waals surface area (Å²) < 4.78 is 40.3. The van der Waals surface area contributed by atoms with E-state index in [4.69, 9.17) is 13.3 Å². The number of hydrogen-bond donors (Lipinski definition) is 0. The zero-order valence-corrected chi connectivity index (χ0v) is 12.8. The number of nitrogens with zero attached hydrogens (tertiary/aromatic N) is 1. The van der Waals surface area contributed by atoms with Crippen LogP contribution in [-0.2, 0) is 10.1 Å². The van der Waals surface area contributed by atoms with Crippen LogP contribution in [0.25, 0.3) is 11.1 Å². The maximum atomic E-state index is 12.5. The maximum Gasteiger partial charge on any atom is 0.342 e. The van der Waals surface area contributed by atoms with Crippen molar-refractivity contribution >= 4 is 21.2 Å². The van der Waals surface area contributed by atoms with Gasteiger partial charge in [0.05, 0.1) is 7.11 Å². The van der Waals surface area contributed by atoms with E-state index in [0.717, 1.165) is 5.56 Å². The molecule has 3 rings (SSSR count). The molecular formula is C15H13NO5S. The largest absolute Gasteiger partial charge is 0.495 e. The lowest BCUT2D eigenvalue weighted by Gasteiger charge is -2.11. The number of rotatable bonds is 4. The van der Waals surface area contributed by atoms with Crippen molar-refractivity contribution in [2.45, 2.75) is 11.8 Å². The van der Waals surface area contributed by atoms with E-state index in [1.165, 1.54) is 31.7 Å². The summed E-state index contributed by atoms with van der Waals surface area (Å²) in [4.78, 5) is 3.95. The second-order valence-corrected chi connectivity index (χ2v) is 6.19. The molecule has 1 heterocycles. The predicted octanol–water partition coefficient (Wildman–Crippen LogP) is 2.91. The molecule has 1 aromatic heterocycles. The van der Waals surface area contributed by atoms with Gasteiger partial charge in [-0.2, -0.15) is 8.42 Å². The van der Waals surface area contributed by atoms with E-state index in [1.807, 2.05) is 0 Å². The number of oxazole rings is 1. The second kappa shape index (κ2) is 5.34. The Morgan fingerprint density at radius 1 is 1.14 bits per heavy atom. The number of methoxy groups -OCH3 is 1. The monoisotopic (exact) mass is 319 g/mol. The molecule has 0 radical (unpaired) electrons. The molecule has 0 bridgehead atoms. The molecule has 0 N–H and O–H groups in total. The molecule has 114 valence electrons. The van der Waals surface area contributed by atoms with Crippen LogP contribution in [0.4, 0.5) is 0 Å². The van der Waals surface area contributed by atoms with Gasteiger partial charge in [-0.15, -0.1) is 0 Å². The topological polar surface area (TPSA) is 78.6 Å². The van der Waals surface area contributed by atoms with Crippen molar-refractivity contribution in [3.63, 3.8) is 0 Å². The fourth-order valence-electron chi connectivity index (χ4n) is 2.04. The summed E-state index contributed by atoms with van der Waals surface area (Å²) in [5, 5.41) is 0. The van der Waals surface area contributed by atoms with Crippen LogP contribution < -0.4 is 8.92 Å². The van der Waals surface area contributed by atoms with E-state index in [1.54, 1.807) is 25.1 Å². The van der Waals surface area contributed by atoms with Gasteiger partial charge >= 0.3 is 10.1 Å². The fourth-order valence-corrected chi connectivity index (χ4v) is 3.22. The number of ether oxygens (including phenoxy) is 1. The highest BCUT2D eigenvalue weighted by Crippen LogP contribution is 2.29. The minimum atomic E-state index is -4.01. The molecule has 0 aliphatic rings. The number of hydrogen-bond acceptors (Lipinski definition) is 6. The van der Waals surface area contributed by atoms with Crippen molar-refractivity contribution in [1.82, 2.24) is 4.98 Å². The van der Waals surface area contributed by atoms with E-state index in [-0.39, 0.29) is 16.4 Å². The van der Waals surface area contributed by atoms with Crippen LogP contribution in [0.5, 0.6) is 11.5 Å². The zero-order valence-electron chi connectivity index (χ0n) is 11.9. The van der Waals surface area contributed by atoms with Crippen LogP contribution in [0.15, 0.2) is 52.1 Å². The lowest BCUT2D eigenvalue weighted by atomic mass is 10.2. The van der Waals surface area contributed by atoms with Crippen molar-refractivity contribution in [2.24, 2.45) is 0 Å². The molecule has 2 aromatic carbocycles. The van der Waals surface area contributed by atoms with E-state index in [2.05, 4.69) is 4.98 Å². The van der Waals surface area contributed by atoms with Gasteiger partial charge in [0, 0.05) is 6.07 Å². The smallest absolute Gasteiger partial charge is 0.342 e. The van der Waals surface area contributed by atoms with Gasteiger partial charge in [-0.3, -0.25) is 0 Å². The van der Waals surface area contributed by atoms with Gasteiger partial charge in [-0.1, -0.05) is 6.07 Å². The van der Waals surface area contributed by atoms with Crippen LogP contribution in [0.1, 0.15) is 5.56 Å². The van der Waals surface area contributed by atoms with E-state index in [0.29, 0.717) is 11.1 Å². The summed E-state index contributed by atoms with van der Waals surface area (Å²) >= 11 is 0. The first kappa shape index (κ1) is 14.4. The van der Waals surface area contributed by atoms with Crippen molar-refractivity contribution in [2.75, 3.05) is 7.11 Å². The Hall–Kier alpha value is -2.54. The summed E-state index contributed by atoms with van der Waals surface area (Å²) in [6, 6.07) is 9.46. The van der Waals surface area contributed by atoms with Crippen molar-refractivity contribution in [1.29, 1.82) is 0 Å². The van der Waals surface area contributed by atoms with Crippen molar-refractivity contribution in [3.05, 3.63) is 48.4 Å². The third-order valence-corrected chi connectivity index (χ3v) is 4.37. The zero-order chi connectivity index (χ0) is 15.7. The van der Waals surface area contributed by atoms with Crippen molar-refractivity contribution in [3.8, 4) is 11.5 Å². The Kier molecular flexibility index (Phi) is 3.50. The predicted molar refractivity (Wildman–Crippen MR) is 79.6 cm³/mol. The Balaban J connectivity index is 2.01. The maximum absolute atomic E-state index is 12.5. The number of benzene rings is 2. The standard InChI is InChI=1S/C15H13NO5S/c1-10-3-5-14(19-2)15(7-10)22(17,18)21-11-4-6-13-12(8-11)16-9-20-13/h3-9H,1-2H3. The molecule has 0 atom stereocenters. The average molecular weight is 319 g/mol. The van der Waals surface area contributed by atoms with Gasteiger partial charge in [-0.25, -0.2) is 4.98 Å². The van der Waals surface area contributed by atoms with Gasteiger partial charge in [0.25, 0.3) is 0 Å². The molecule has 7 heteroatoms. The van der Waals surface area contributed by atoms with Crippen LogP contribution in [0.2, 0.25) is 0 Å². The summed E-state index contributed by atoms with van der Waals surface area (Å²) in [6.45, 7) is 1.79. The molecule has 6 nitrogen and oxygen atoms in total. The molecule has 0 fully saturated rings. The summed E-state index contributed by atoms with van der Waals surface area (Å²) in [5.74, 6) is 0.387. The number of aromatic nitrogens is 1. The normalized spacial score (nSPS) is 11.5. The SMILES string of the molecule is COc1ccc(C)cc1S(=O)(=O)Oc1ccc2ocnc2c1. The summed E-state index contributed by atoms with van der Waals surface area (Å²) in [6.07, 6.45) is 1.28. The Morgan fingerprint density at radius 2 is 1.95 bits per heavy atom. The molecule has 0 unspecified atom stereocenters. The van der Waals surface area contributed by atoms with Crippen LogP contribution >= 0.6 is 0 Å². The lowest BCUT2D eigenvalue weighted by Crippen LogP contribution is -2.11. The molecular weight excluding hydrogens is 306 g/mol. The lowest BCUT2D eigenvalue weighted by molar-refractivity contribution is 0.398. The Labute approximate surface area is 127 Å². The van der Waals surface area contributed by atoms with Gasteiger partial charge in [0.2, 0.25) is 0 Å². The highest BCUT2D eigenvalue weighted by atomic mass is 32.2. The Bertz CT molecular complexity index is 930. The fraction of sp³-hybridized carbons (Fsp3) is 0.133. The molecule has 22 heavy (non-hydrogen) atoms. The molecule has 0 amide bonds. The van der Waals surface area contributed by atoms with Crippen LogP contribution in [-0.4, -0.2) is 20.5 Å². The van der Waals surface area contributed by atoms with Crippen LogP contribution in [0.3, 0.4) is 0 Å². The third kappa shape index (κ3) is 2.62. The first-order valence-corrected chi connectivity index (χ1v) is 7.83. The van der Waals surface area contributed by atoms with E-state index >= 15 is 0 Å². The van der Waals surface area contributed by atoms with Gasteiger partial charge < -0.3 is 13.3 Å². The molecule has 0 aliphatic carbocycles. The van der Waals surface area contributed by atoms with Gasteiger partial charge in [0.15, 0.2) is 12.0 Å². The van der Waals surface area contributed by atoms with E-state index < -0.39 is 10.1 Å². The quantitative estimate of drug-likeness (QED) is 0.688. The number of aryl methyl sites for hydroxylation is 1. The molecule has 0 spiro atoms. The van der Waals surface area contributed by atoms with E-state index in [9.17, 15) is 8.42 Å². The van der Waals surface area contributed by atoms with Gasteiger partial charge in [-0.05, 0) is 36.8 Å². The minimum absolute atomic E-state index is 0.0183. The van der Waals surface area contributed by atoms with Gasteiger partial charge in [0.1, 0.15) is 21.9 Å². The van der Waals surface area contributed by atoms with Crippen LogP contribution in [0, 0.1) is 6.92 Å². The average Bonchev–Trinajstić information content (AvgIpc) is 2.94. The highest BCUT2D eigenvalue weighted by Gasteiger charge is 2.22. The highest BCUT2D eigenvalue weighted by molar-refractivity contribution is 7.87. The first-order valence-electron chi connectivity index (χ1n) is 6.42. The first-order chi connectivity index (χ1) is 10.5. The van der Waals surface area contributed by atoms with Crippen molar-refractivity contribution < 1.29 is 21.8 Å². The minimum Gasteiger partial charge on any atom is -0.495 e. The molecule has 0 saturated carbocycles. The molecule has 0 aliphatic heterocycles. The third-order valence-electron chi connectivity index (χ3n) is 3.10.